The van der Waals surface area contributed by atoms with E-state index in [1.54, 1.807) is 12.1 Å². The Morgan fingerprint density at radius 1 is 0.839 bits per heavy atom. The molecule has 31 heavy (non-hydrogen) atoms. The number of alkyl halides is 3. The van der Waals surface area contributed by atoms with E-state index in [-0.39, 0.29) is 24.2 Å². The number of halogens is 6. The second kappa shape index (κ2) is 10.1. The zero-order valence-corrected chi connectivity index (χ0v) is 17.7. The summed E-state index contributed by atoms with van der Waals surface area (Å²) >= 11 is 0. The Morgan fingerprint density at radius 2 is 1.48 bits per heavy atom. The van der Waals surface area contributed by atoms with Gasteiger partial charge in [0.2, 0.25) is 0 Å². The fourth-order valence-corrected chi connectivity index (χ4v) is 4.62. The van der Waals surface area contributed by atoms with Crippen LogP contribution in [0.5, 0.6) is 0 Å². The van der Waals surface area contributed by atoms with Gasteiger partial charge in [0.25, 0.3) is 0 Å². The van der Waals surface area contributed by atoms with Gasteiger partial charge in [0.1, 0.15) is 23.0 Å². The minimum atomic E-state index is -5.09. The molecule has 0 N–H and O–H groups in total. The van der Waals surface area contributed by atoms with Crippen LogP contribution in [-0.2, 0) is 19.0 Å². The third kappa shape index (κ3) is 6.05. The van der Waals surface area contributed by atoms with E-state index in [1.165, 1.54) is 32.1 Å². The topological polar surface area (TPSA) is 0 Å². The maximum atomic E-state index is 14.6. The first-order valence-electron chi connectivity index (χ1n) is 11.0. The van der Waals surface area contributed by atoms with Crippen molar-refractivity contribution in [1.82, 2.24) is 0 Å². The molecule has 3 rings (SSSR count). The minimum Gasteiger partial charge on any atom is -0.207 e. The molecule has 0 bridgehead atoms. The van der Waals surface area contributed by atoms with Crippen LogP contribution in [0.2, 0.25) is 0 Å². The van der Waals surface area contributed by atoms with E-state index in [0.29, 0.717) is 23.6 Å². The van der Waals surface area contributed by atoms with Gasteiger partial charge < -0.3 is 0 Å². The highest BCUT2D eigenvalue weighted by atomic mass is 19.4. The molecule has 0 radical (unpaired) electrons. The van der Waals surface area contributed by atoms with Crippen LogP contribution < -0.4 is 0 Å². The molecular weight excluding hydrogens is 414 g/mol. The van der Waals surface area contributed by atoms with E-state index < -0.39 is 23.4 Å². The van der Waals surface area contributed by atoms with Crippen LogP contribution >= 0.6 is 0 Å². The third-order valence-corrected chi connectivity index (χ3v) is 6.43. The average Bonchev–Trinajstić information content (AvgIpc) is 2.70. The zero-order valence-electron chi connectivity index (χ0n) is 17.7. The number of hydrogen-bond acceptors (Lipinski definition) is 0. The Balaban J connectivity index is 1.62. The number of rotatable bonds is 7. The third-order valence-electron chi connectivity index (χ3n) is 6.43. The van der Waals surface area contributed by atoms with Crippen LogP contribution in [0.3, 0.4) is 0 Å². The maximum Gasteiger partial charge on any atom is 0.422 e. The first kappa shape index (κ1) is 23.7. The van der Waals surface area contributed by atoms with E-state index in [2.05, 4.69) is 6.92 Å². The molecule has 0 unspecified atom stereocenters. The molecule has 0 saturated heterocycles. The number of unbranched alkanes of at least 4 members (excludes halogenated alkanes) is 1. The standard InChI is InChI=1S/C25H28F6/c1-2-3-4-16-5-8-18(9-6-16)20-12-11-19(21(26)15-20)10-7-17-13-22(27)24(23(28)14-17)25(29,30)31/h11-16,18H,2-10H2,1H3. The van der Waals surface area contributed by atoms with Crippen molar-refractivity contribution in [2.24, 2.45) is 5.92 Å². The summed E-state index contributed by atoms with van der Waals surface area (Å²) in [4.78, 5) is 0. The molecule has 6 heteroatoms. The first-order chi connectivity index (χ1) is 14.7. The van der Waals surface area contributed by atoms with Gasteiger partial charge in [-0.15, -0.1) is 0 Å². The summed E-state index contributed by atoms with van der Waals surface area (Å²) in [5.74, 6) is -2.55. The van der Waals surface area contributed by atoms with Crippen LogP contribution in [0.25, 0.3) is 0 Å². The van der Waals surface area contributed by atoms with Crippen molar-refractivity contribution in [2.45, 2.75) is 76.8 Å². The smallest absolute Gasteiger partial charge is 0.207 e. The van der Waals surface area contributed by atoms with Gasteiger partial charge in [-0.1, -0.05) is 38.3 Å². The Bertz CT molecular complexity index is 855. The lowest BCUT2D eigenvalue weighted by atomic mass is 9.77. The quantitative estimate of drug-likeness (QED) is 0.378. The molecule has 0 heterocycles. The van der Waals surface area contributed by atoms with E-state index >= 15 is 0 Å². The second-order valence-corrected chi connectivity index (χ2v) is 8.64. The average molecular weight is 442 g/mol. The van der Waals surface area contributed by atoms with Gasteiger partial charge in [-0.2, -0.15) is 13.2 Å². The molecule has 0 aliphatic heterocycles. The number of hydrogen-bond donors (Lipinski definition) is 0. The molecule has 2 aromatic carbocycles. The van der Waals surface area contributed by atoms with Gasteiger partial charge in [0.15, 0.2) is 0 Å². The van der Waals surface area contributed by atoms with Gasteiger partial charge in [-0.05, 0) is 85.3 Å². The Hall–Kier alpha value is -1.98. The summed E-state index contributed by atoms with van der Waals surface area (Å²) in [6.07, 6.45) is 3.27. The lowest BCUT2D eigenvalue weighted by molar-refractivity contribution is -0.142. The lowest BCUT2D eigenvalue weighted by Crippen LogP contribution is -2.13. The van der Waals surface area contributed by atoms with Gasteiger partial charge in [0, 0.05) is 0 Å². The van der Waals surface area contributed by atoms with Crippen LogP contribution in [0.4, 0.5) is 26.3 Å². The number of benzene rings is 2. The highest BCUT2D eigenvalue weighted by Gasteiger charge is 2.37. The molecule has 170 valence electrons. The molecule has 1 fully saturated rings. The van der Waals surface area contributed by atoms with Crippen molar-refractivity contribution in [2.75, 3.05) is 0 Å². The maximum absolute atomic E-state index is 14.6. The van der Waals surface area contributed by atoms with E-state index in [1.807, 2.05) is 6.07 Å². The Morgan fingerprint density at radius 3 is 2.03 bits per heavy atom. The van der Waals surface area contributed by atoms with Crippen molar-refractivity contribution in [1.29, 1.82) is 0 Å². The molecule has 2 aromatic rings. The fraction of sp³-hybridized carbons (Fsp3) is 0.520. The van der Waals surface area contributed by atoms with Crippen molar-refractivity contribution in [3.63, 3.8) is 0 Å². The Kier molecular flexibility index (Phi) is 7.71. The van der Waals surface area contributed by atoms with Crippen molar-refractivity contribution in [3.8, 4) is 0 Å². The zero-order chi connectivity index (χ0) is 22.6. The fourth-order valence-electron chi connectivity index (χ4n) is 4.62. The summed E-state index contributed by atoms with van der Waals surface area (Å²) in [5, 5.41) is 0. The summed E-state index contributed by atoms with van der Waals surface area (Å²) in [7, 11) is 0. The van der Waals surface area contributed by atoms with Crippen LogP contribution in [0, 0.1) is 23.4 Å². The van der Waals surface area contributed by atoms with E-state index in [0.717, 1.165) is 24.3 Å². The van der Waals surface area contributed by atoms with Gasteiger partial charge >= 0.3 is 6.18 Å². The highest BCUT2D eigenvalue weighted by molar-refractivity contribution is 5.31. The molecular formula is C25H28F6. The summed E-state index contributed by atoms with van der Waals surface area (Å²) in [6.45, 7) is 2.19. The molecule has 1 aliphatic rings. The highest BCUT2D eigenvalue weighted by Crippen LogP contribution is 2.38. The van der Waals surface area contributed by atoms with Gasteiger partial charge in [-0.3, -0.25) is 0 Å². The largest absolute Gasteiger partial charge is 0.422 e. The molecule has 1 aliphatic carbocycles. The van der Waals surface area contributed by atoms with Crippen LogP contribution in [-0.4, -0.2) is 0 Å². The molecule has 0 atom stereocenters. The summed E-state index contributed by atoms with van der Waals surface area (Å²) in [6, 6.07) is 6.48. The molecule has 0 amide bonds. The van der Waals surface area contributed by atoms with Crippen molar-refractivity contribution >= 4 is 0 Å². The molecule has 0 spiro atoms. The monoisotopic (exact) mass is 442 g/mol. The molecule has 1 saturated carbocycles. The lowest BCUT2D eigenvalue weighted by Gasteiger charge is -2.29. The van der Waals surface area contributed by atoms with Crippen LogP contribution in [0.15, 0.2) is 30.3 Å². The van der Waals surface area contributed by atoms with Gasteiger partial charge in [0.05, 0.1) is 0 Å². The minimum absolute atomic E-state index is 0.0464. The molecule has 0 nitrogen and oxygen atoms in total. The van der Waals surface area contributed by atoms with E-state index in [9.17, 15) is 26.3 Å². The van der Waals surface area contributed by atoms with Crippen molar-refractivity contribution in [3.05, 3.63) is 70.0 Å². The Labute approximate surface area is 179 Å². The first-order valence-corrected chi connectivity index (χ1v) is 11.0. The predicted octanol–water partition coefficient (Wildman–Crippen LogP) is 8.37. The molecule has 0 aromatic heterocycles. The second-order valence-electron chi connectivity index (χ2n) is 8.64. The normalized spacial score (nSPS) is 19.6. The summed E-state index contributed by atoms with van der Waals surface area (Å²) < 4.78 is 80.1. The van der Waals surface area contributed by atoms with Gasteiger partial charge in [-0.25, -0.2) is 13.2 Å². The summed E-state index contributed by atoms with van der Waals surface area (Å²) in [5.41, 5.74) is -0.462. The van der Waals surface area contributed by atoms with Crippen molar-refractivity contribution < 1.29 is 26.3 Å². The van der Waals surface area contributed by atoms with E-state index in [4.69, 9.17) is 0 Å². The number of aryl methyl sites for hydroxylation is 2. The predicted molar refractivity (Wildman–Crippen MR) is 109 cm³/mol. The SMILES string of the molecule is CCCCC1CCC(c2ccc(CCc3cc(F)c(C(F)(F)F)c(F)c3)c(F)c2)CC1. The van der Waals surface area contributed by atoms with Crippen LogP contribution in [0.1, 0.15) is 80.0 Å².